The van der Waals surface area contributed by atoms with Crippen LogP contribution in [0.5, 0.6) is 0 Å². The summed E-state index contributed by atoms with van der Waals surface area (Å²) in [5.41, 5.74) is 3.06. The summed E-state index contributed by atoms with van der Waals surface area (Å²) in [7, 11) is 0. The standard InChI is InChI=1S/C21H13ClNO/c22-17-11-10-15-12-13-23(20(15)14-17)19-9-5-4-8-18(19)21(24)16-6-2-1-3-7-16/h1-11,13-14H. The smallest absolute Gasteiger partial charge is 0.195 e. The lowest BCUT2D eigenvalue weighted by molar-refractivity contribution is 0.103. The number of carbonyl (C=O) groups excluding carboxylic acids is 1. The van der Waals surface area contributed by atoms with E-state index >= 15 is 0 Å². The van der Waals surface area contributed by atoms with Gasteiger partial charge in [-0.2, -0.15) is 0 Å². The fourth-order valence-electron chi connectivity index (χ4n) is 2.85. The molecule has 0 N–H and O–H groups in total. The Balaban J connectivity index is 1.90. The Kier molecular flexibility index (Phi) is 3.68. The molecule has 0 aliphatic carbocycles. The highest BCUT2D eigenvalue weighted by Gasteiger charge is 2.15. The lowest BCUT2D eigenvalue weighted by atomic mass is 10.0. The average molecular weight is 331 g/mol. The normalized spacial score (nSPS) is 10.9. The third kappa shape index (κ3) is 2.51. The molecule has 1 radical (unpaired) electrons. The second-order valence-corrected chi connectivity index (χ2v) is 5.95. The van der Waals surface area contributed by atoms with Gasteiger partial charge in [-0.1, -0.05) is 60.1 Å². The molecular weight excluding hydrogens is 318 g/mol. The summed E-state index contributed by atoms with van der Waals surface area (Å²) >= 11 is 6.14. The second kappa shape index (κ2) is 5.99. The summed E-state index contributed by atoms with van der Waals surface area (Å²) in [5.74, 6) is -0.00456. The van der Waals surface area contributed by atoms with Gasteiger partial charge in [0.15, 0.2) is 5.78 Å². The number of aromatic nitrogens is 1. The summed E-state index contributed by atoms with van der Waals surface area (Å²) in [5, 5.41) is 1.61. The molecule has 0 aliphatic heterocycles. The number of hydrogen-bond donors (Lipinski definition) is 0. The first kappa shape index (κ1) is 14.7. The third-order valence-electron chi connectivity index (χ3n) is 4.01. The Morgan fingerprint density at radius 2 is 1.67 bits per heavy atom. The van der Waals surface area contributed by atoms with E-state index in [0.717, 1.165) is 16.6 Å². The van der Waals surface area contributed by atoms with Gasteiger partial charge in [0.25, 0.3) is 0 Å². The van der Waals surface area contributed by atoms with E-state index in [-0.39, 0.29) is 5.78 Å². The van der Waals surface area contributed by atoms with Crippen molar-refractivity contribution in [1.29, 1.82) is 0 Å². The van der Waals surface area contributed by atoms with Gasteiger partial charge in [0.2, 0.25) is 0 Å². The quantitative estimate of drug-likeness (QED) is 0.466. The minimum atomic E-state index is -0.00456. The van der Waals surface area contributed by atoms with E-state index in [9.17, 15) is 4.79 Å². The fourth-order valence-corrected chi connectivity index (χ4v) is 3.02. The number of carbonyl (C=O) groups is 1. The summed E-state index contributed by atoms with van der Waals surface area (Å²) in [6.07, 6.45) is 1.85. The molecule has 0 atom stereocenters. The lowest BCUT2D eigenvalue weighted by Gasteiger charge is -2.11. The maximum absolute atomic E-state index is 12.9. The Morgan fingerprint density at radius 3 is 2.50 bits per heavy atom. The van der Waals surface area contributed by atoms with E-state index in [1.54, 1.807) is 0 Å². The van der Waals surface area contributed by atoms with Crippen LogP contribution >= 0.6 is 11.6 Å². The first-order valence-electron chi connectivity index (χ1n) is 7.61. The Labute approximate surface area is 144 Å². The van der Waals surface area contributed by atoms with E-state index in [2.05, 4.69) is 6.07 Å². The molecule has 0 fully saturated rings. The minimum absolute atomic E-state index is 0.00456. The molecule has 24 heavy (non-hydrogen) atoms. The molecule has 4 aromatic rings. The van der Waals surface area contributed by atoms with Gasteiger partial charge < -0.3 is 4.57 Å². The molecule has 1 heterocycles. The van der Waals surface area contributed by atoms with Gasteiger partial charge in [-0.3, -0.25) is 4.79 Å². The Hall–Kier alpha value is -2.84. The van der Waals surface area contributed by atoms with Crippen molar-refractivity contribution in [2.75, 3.05) is 0 Å². The fraction of sp³-hybridized carbons (Fsp3) is 0. The molecule has 0 spiro atoms. The van der Waals surface area contributed by atoms with Crippen molar-refractivity contribution in [2.24, 2.45) is 0 Å². The van der Waals surface area contributed by atoms with Crippen LogP contribution in [0.2, 0.25) is 5.02 Å². The maximum atomic E-state index is 12.9. The monoisotopic (exact) mass is 330 g/mol. The van der Waals surface area contributed by atoms with Crippen molar-refractivity contribution in [3.63, 3.8) is 0 Å². The molecule has 3 heteroatoms. The van der Waals surface area contributed by atoms with Gasteiger partial charge in [0.05, 0.1) is 11.2 Å². The predicted octanol–water partition coefficient (Wildman–Crippen LogP) is 5.32. The molecule has 2 nitrogen and oxygen atoms in total. The number of fused-ring (bicyclic) bond motifs is 1. The van der Waals surface area contributed by atoms with Gasteiger partial charge in [-0.15, -0.1) is 0 Å². The topological polar surface area (TPSA) is 22.0 Å². The molecule has 0 amide bonds. The first-order valence-corrected chi connectivity index (χ1v) is 7.99. The lowest BCUT2D eigenvalue weighted by Crippen LogP contribution is -2.06. The van der Waals surface area contributed by atoms with Crippen LogP contribution in [0.3, 0.4) is 0 Å². The van der Waals surface area contributed by atoms with Crippen molar-refractivity contribution in [1.82, 2.24) is 4.57 Å². The molecule has 1 aromatic heterocycles. The number of ketones is 1. The molecule has 0 aliphatic rings. The number of hydrogen-bond acceptors (Lipinski definition) is 1. The number of halogens is 1. The highest BCUT2D eigenvalue weighted by atomic mass is 35.5. The van der Waals surface area contributed by atoms with Crippen molar-refractivity contribution in [3.05, 3.63) is 101 Å². The van der Waals surface area contributed by atoms with Crippen molar-refractivity contribution >= 4 is 28.3 Å². The minimum Gasteiger partial charge on any atom is -0.315 e. The number of nitrogens with zero attached hydrogens (tertiary/aromatic N) is 1. The maximum Gasteiger partial charge on any atom is 0.195 e. The molecule has 3 aromatic carbocycles. The van der Waals surface area contributed by atoms with Crippen LogP contribution in [0.15, 0.2) is 79.0 Å². The molecule has 4 rings (SSSR count). The van der Waals surface area contributed by atoms with Gasteiger partial charge in [0.1, 0.15) is 0 Å². The average Bonchev–Trinajstić information content (AvgIpc) is 3.04. The third-order valence-corrected chi connectivity index (χ3v) is 4.25. The number of para-hydroxylation sites is 1. The van der Waals surface area contributed by atoms with Crippen LogP contribution in [-0.4, -0.2) is 10.4 Å². The van der Waals surface area contributed by atoms with Gasteiger partial charge in [-0.25, -0.2) is 0 Å². The van der Waals surface area contributed by atoms with E-state index in [4.69, 9.17) is 11.6 Å². The number of rotatable bonds is 3. The van der Waals surface area contributed by atoms with Crippen LogP contribution in [0.1, 0.15) is 15.9 Å². The highest BCUT2D eigenvalue weighted by Crippen LogP contribution is 2.26. The van der Waals surface area contributed by atoms with E-state index in [1.807, 2.05) is 83.6 Å². The zero-order chi connectivity index (χ0) is 16.5. The zero-order valence-electron chi connectivity index (χ0n) is 12.7. The second-order valence-electron chi connectivity index (χ2n) is 5.52. The van der Waals surface area contributed by atoms with Crippen molar-refractivity contribution in [3.8, 4) is 5.69 Å². The van der Waals surface area contributed by atoms with Crippen LogP contribution < -0.4 is 0 Å². The van der Waals surface area contributed by atoms with Gasteiger partial charge in [0, 0.05) is 33.8 Å². The largest absolute Gasteiger partial charge is 0.315 e. The summed E-state index contributed by atoms with van der Waals surface area (Å²) < 4.78 is 1.96. The predicted molar refractivity (Wildman–Crippen MR) is 97.0 cm³/mol. The van der Waals surface area contributed by atoms with Crippen LogP contribution in [0.4, 0.5) is 0 Å². The number of benzene rings is 3. The van der Waals surface area contributed by atoms with Crippen molar-refractivity contribution < 1.29 is 4.79 Å². The summed E-state index contributed by atoms with van der Waals surface area (Å²) in [6, 6.07) is 25.7. The van der Waals surface area contributed by atoms with E-state index < -0.39 is 0 Å². The molecule has 115 valence electrons. The summed E-state index contributed by atoms with van der Waals surface area (Å²) in [4.78, 5) is 12.9. The Bertz CT molecular complexity index is 1030. The molecular formula is C21H13ClNO. The van der Waals surface area contributed by atoms with E-state index in [0.29, 0.717) is 16.1 Å². The van der Waals surface area contributed by atoms with Gasteiger partial charge in [-0.05, 0) is 24.3 Å². The summed E-state index contributed by atoms with van der Waals surface area (Å²) in [6.45, 7) is 0. The van der Waals surface area contributed by atoms with Crippen LogP contribution in [-0.2, 0) is 0 Å². The zero-order valence-corrected chi connectivity index (χ0v) is 13.5. The highest BCUT2D eigenvalue weighted by molar-refractivity contribution is 6.31. The van der Waals surface area contributed by atoms with Crippen LogP contribution in [0.25, 0.3) is 16.6 Å². The van der Waals surface area contributed by atoms with E-state index in [1.165, 1.54) is 0 Å². The molecule has 0 unspecified atom stereocenters. The molecule has 0 saturated carbocycles. The SMILES string of the molecule is O=C(c1ccccc1)c1ccccc1-n1c[c]c2ccc(Cl)cc21. The molecule has 0 saturated heterocycles. The van der Waals surface area contributed by atoms with Gasteiger partial charge >= 0.3 is 0 Å². The van der Waals surface area contributed by atoms with Crippen LogP contribution in [0, 0.1) is 6.07 Å². The molecule has 0 bridgehead atoms. The van der Waals surface area contributed by atoms with Crippen molar-refractivity contribution in [2.45, 2.75) is 0 Å². The first-order chi connectivity index (χ1) is 11.7. The Morgan fingerprint density at radius 1 is 0.917 bits per heavy atom.